The molecule has 2 heteroatoms. The highest BCUT2D eigenvalue weighted by molar-refractivity contribution is 5.86. The predicted molar refractivity (Wildman–Crippen MR) is 255 cm³/mol. The van der Waals surface area contributed by atoms with Crippen molar-refractivity contribution in [2.75, 3.05) is 0 Å². The number of hydrogen-bond donors (Lipinski definition) is 0. The molecule has 0 spiro atoms. The maximum Gasteiger partial charge on any atom is 0.0705 e. The van der Waals surface area contributed by atoms with E-state index < -0.39 is 0 Å². The molecule has 2 heterocycles. The fraction of sp³-hybridized carbons (Fsp3) is 0.321. The van der Waals surface area contributed by atoms with E-state index in [1.807, 2.05) is 30.5 Å². The number of rotatable bonds is 2. The van der Waals surface area contributed by atoms with Crippen LogP contribution in [0.2, 0.25) is 0 Å². The molecule has 2 nitrogen and oxygen atoms in total. The largest absolute Gasteiger partial charge is 0.256 e. The third-order valence-electron chi connectivity index (χ3n) is 9.97. The number of fused-ring (bicyclic) bond motifs is 4. The van der Waals surface area contributed by atoms with E-state index in [4.69, 9.17) is 0 Å². The quantitative estimate of drug-likeness (QED) is 0.175. The second-order valence-electron chi connectivity index (χ2n) is 20.1. The van der Waals surface area contributed by atoms with Crippen LogP contribution in [0.5, 0.6) is 0 Å². The third kappa shape index (κ3) is 13.1. The van der Waals surface area contributed by atoms with Crippen LogP contribution in [0.25, 0.3) is 43.4 Å². The molecule has 0 fully saturated rings. The van der Waals surface area contributed by atoms with E-state index in [9.17, 15) is 0 Å². The maximum atomic E-state index is 4.65. The molecule has 0 aliphatic rings. The first-order chi connectivity index (χ1) is 27.2. The van der Waals surface area contributed by atoms with Crippen LogP contribution in [0.3, 0.4) is 0 Å². The predicted octanol–water partition coefficient (Wildman–Crippen LogP) is 15.9. The van der Waals surface area contributed by atoms with Crippen LogP contribution in [0.1, 0.15) is 105 Å². The van der Waals surface area contributed by atoms with Crippen molar-refractivity contribution >= 4 is 43.4 Å². The standard InChI is InChI=1S/2C15H18.2C13H15N/c1-15(2,3)11-13-9-6-8-12-7-4-5-10-14(12)13;1-15(2,3)11-12-8-9-13-6-4-5-7-14(13)10-12;1-13(2,3)11-8-10-6-4-5-7-12(10)14-9-11;1-13(2,3)12-9-8-10-6-4-5-7-11(10)14-12/h2*4-10H,11H2,1-3H3;2*4-9H,1-3H3. The Bertz CT molecular complexity index is 2450. The number of aromatic nitrogens is 2. The number of hydrogen-bond acceptors (Lipinski definition) is 2. The van der Waals surface area contributed by atoms with Gasteiger partial charge in [0.2, 0.25) is 0 Å². The lowest BCUT2D eigenvalue weighted by Crippen LogP contribution is -2.13. The molecule has 0 bridgehead atoms. The Balaban J connectivity index is 0.000000147. The molecule has 300 valence electrons. The molecule has 58 heavy (non-hydrogen) atoms. The van der Waals surface area contributed by atoms with Gasteiger partial charge in [-0.15, -0.1) is 0 Å². The van der Waals surface area contributed by atoms with E-state index in [1.54, 1.807) is 0 Å². The summed E-state index contributed by atoms with van der Waals surface area (Å²) >= 11 is 0. The number of pyridine rings is 2. The molecule has 0 aliphatic heterocycles. The van der Waals surface area contributed by atoms with Crippen LogP contribution in [-0.2, 0) is 23.7 Å². The van der Waals surface area contributed by atoms with Gasteiger partial charge in [0.15, 0.2) is 0 Å². The van der Waals surface area contributed by atoms with Gasteiger partial charge in [-0.2, -0.15) is 0 Å². The van der Waals surface area contributed by atoms with E-state index >= 15 is 0 Å². The fourth-order valence-electron chi connectivity index (χ4n) is 6.94. The van der Waals surface area contributed by atoms with Gasteiger partial charge in [-0.25, -0.2) is 0 Å². The first kappa shape index (κ1) is 43.8. The summed E-state index contributed by atoms with van der Waals surface area (Å²) in [4.78, 5) is 9.09. The van der Waals surface area contributed by atoms with Gasteiger partial charge in [-0.3, -0.25) is 9.97 Å². The normalized spacial score (nSPS) is 11.9. The van der Waals surface area contributed by atoms with Crippen LogP contribution in [-0.4, -0.2) is 9.97 Å². The van der Waals surface area contributed by atoms with Gasteiger partial charge < -0.3 is 0 Å². The van der Waals surface area contributed by atoms with E-state index in [1.165, 1.54) is 49.0 Å². The molecular formula is C56H66N2. The minimum Gasteiger partial charge on any atom is -0.256 e. The van der Waals surface area contributed by atoms with E-state index in [2.05, 4.69) is 220 Å². The first-order valence-electron chi connectivity index (χ1n) is 20.9. The van der Waals surface area contributed by atoms with Crippen LogP contribution in [0.15, 0.2) is 158 Å². The highest BCUT2D eigenvalue weighted by Gasteiger charge is 2.16. The van der Waals surface area contributed by atoms with Gasteiger partial charge in [0, 0.05) is 28.1 Å². The Morgan fingerprint density at radius 2 is 0.931 bits per heavy atom. The van der Waals surface area contributed by atoms with Crippen molar-refractivity contribution < 1.29 is 0 Å². The zero-order chi connectivity index (χ0) is 42.1. The molecule has 2 aromatic heterocycles. The highest BCUT2D eigenvalue weighted by Crippen LogP contribution is 2.28. The van der Waals surface area contributed by atoms with Crippen LogP contribution in [0, 0.1) is 10.8 Å². The van der Waals surface area contributed by atoms with Gasteiger partial charge in [-0.05, 0) is 91.6 Å². The number of nitrogens with zero attached hydrogens (tertiary/aromatic N) is 2. The summed E-state index contributed by atoms with van der Waals surface area (Å²) in [7, 11) is 0. The molecule has 0 saturated heterocycles. The van der Waals surface area contributed by atoms with Crippen molar-refractivity contribution in [1.82, 2.24) is 9.97 Å². The summed E-state index contributed by atoms with van der Waals surface area (Å²) in [6.45, 7) is 26.9. The molecule has 6 aromatic carbocycles. The topological polar surface area (TPSA) is 25.8 Å². The zero-order valence-corrected chi connectivity index (χ0v) is 37.3. The van der Waals surface area contributed by atoms with Crippen molar-refractivity contribution in [2.24, 2.45) is 10.8 Å². The van der Waals surface area contributed by atoms with Crippen molar-refractivity contribution in [1.29, 1.82) is 0 Å². The summed E-state index contributed by atoms with van der Waals surface area (Å²) in [5.41, 5.74) is 8.50. The summed E-state index contributed by atoms with van der Waals surface area (Å²) in [5.74, 6) is 0. The van der Waals surface area contributed by atoms with Crippen molar-refractivity contribution in [3.63, 3.8) is 0 Å². The van der Waals surface area contributed by atoms with Gasteiger partial charge in [-0.1, -0.05) is 210 Å². The fourth-order valence-corrected chi connectivity index (χ4v) is 6.94. The van der Waals surface area contributed by atoms with Crippen molar-refractivity contribution in [2.45, 2.75) is 107 Å². The Morgan fingerprint density at radius 1 is 0.397 bits per heavy atom. The Labute approximate surface area is 349 Å². The molecule has 0 saturated carbocycles. The molecule has 0 unspecified atom stereocenters. The number of para-hydroxylation sites is 2. The zero-order valence-electron chi connectivity index (χ0n) is 37.3. The molecule has 0 radical (unpaired) electrons. The highest BCUT2D eigenvalue weighted by atomic mass is 14.7. The van der Waals surface area contributed by atoms with Crippen molar-refractivity contribution in [3.8, 4) is 0 Å². The van der Waals surface area contributed by atoms with E-state index in [-0.39, 0.29) is 10.8 Å². The monoisotopic (exact) mass is 767 g/mol. The first-order valence-corrected chi connectivity index (χ1v) is 20.9. The van der Waals surface area contributed by atoms with Gasteiger partial charge >= 0.3 is 0 Å². The SMILES string of the molecule is CC(C)(C)Cc1ccc2ccccc2c1.CC(C)(C)Cc1cccc2ccccc12.CC(C)(C)c1ccc2ccccc2n1.CC(C)(C)c1cnc2ccccc2c1. The van der Waals surface area contributed by atoms with Gasteiger partial charge in [0.1, 0.15) is 0 Å². The third-order valence-corrected chi connectivity index (χ3v) is 9.97. The van der Waals surface area contributed by atoms with E-state index in [0.717, 1.165) is 29.6 Å². The lowest BCUT2D eigenvalue weighted by Gasteiger charge is -2.19. The molecular weight excluding hydrogens is 701 g/mol. The van der Waals surface area contributed by atoms with Crippen LogP contribution >= 0.6 is 0 Å². The molecule has 0 aliphatic carbocycles. The maximum absolute atomic E-state index is 4.65. The van der Waals surface area contributed by atoms with Crippen molar-refractivity contribution in [3.05, 3.63) is 180 Å². The Morgan fingerprint density at radius 3 is 1.57 bits per heavy atom. The van der Waals surface area contributed by atoms with Crippen LogP contribution in [0.4, 0.5) is 0 Å². The van der Waals surface area contributed by atoms with Gasteiger partial charge in [0.05, 0.1) is 11.0 Å². The molecule has 8 rings (SSSR count). The number of benzene rings is 6. The summed E-state index contributed by atoms with van der Waals surface area (Å²) in [6, 6.07) is 53.4. The second kappa shape index (κ2) is 18.5. The minimum absolute atomic E-state index is 0.129. The minimum atomic E-state index is 0.129. The van der Waals surface area contributed by atoms with E-state index in [0.29, 0.717) is 10.8 Å². The molecule has 0 atom stereocenters. The molecule has 0 amide bonds. The lowest BCUT2D eigenvalue weighted by molar-refractivity contribution is 0.411. The molecule has 0 N–H and O–H groups in total. The van der Waals surface area contributed by atoms with Gasteiger partial charge in [0.25, 0.3) is 0 Å². The van der Waals surface area contributed by atoms with Crippen LogP contribution < -0.4 is 0 Å². The average Bonchev–Trinajstić information content (AvgIpc) is 3.16. The summed E-state index contributed by atoms with van der Waals surface area (Å²) in [6.07, 6.45) is 4.24. The molecule has 8 aromatic rings. The smallest absolute Gasteiger partial charge is 0.0705 e. The lowest BCUT2D eigenvalue weighted by atomic mass is 9.86. The summed E-state index contributed by atoms with van der Waals surface area (Å²) < 4.78 is 0. The second-order valence-corrected chi connectivity index (χ2v) is 20.1. The Kier molecular flexibility index (Phi) is 14.0. The summed E-state index contributed by atoms with van der Waals surface area (Å²) in [5, 5.41) is 7.85. The Hall–Kier alpha value is -5.34. The average molecular weight is 767 g/mol.